The first-order valence-electron chi connectivity index (χ1n) is 5.42. The van der Waals surface area contributed by atoms with Crippen molar-refractivity contribution in [3.63, 3.8) is 0 Å². The summed E-state index contributed by atoms with van der Waals surface area (Å²) in [5.74, 6) is 0.397. The van der Waals surface area contributed by atoms with E-state index in [1.807, 2.05) is 19.1 Å². The van der Waals surface area contributed by atoms with Gasteiger partial charge in [-0.05, 0) is 41.1 Å². The lowest BCUT2D eigenvalue weighted by Gasteiger charge is -1.99. The first-order chi connectivity index (χ1) is 8.65. The quantitative estimate of drug-likeness (QED) is 0.742. The van der Waals surface area contributed by atoms with E-state index in [4.69, 9.17) is 0 Å². The van der Waals surface area contributed by atoms with Crippen molar-refractivity contribution >= 4 is 27.0 Å². The normalized spacial score (nSPS) is 11.1. The molecule has 0 radical (unpaired) electrons. The zero-order valence-corrected chi connectivity index (χ0v) is 11.1. The SMILES string of the molecule is Cc1ncccc1-c1nc2cc(Br)c(F)cc2[nH]1. The monoisotopic (exact) mass is 305 g/mol. The van der Waals surface area contributed by atoms with Gasteiger partial charge < -0.3 is 4.98 Å². The summed E-state index contributed by atoms with van der Waals surface area (Å²) in [4.78, 5) is 11.8. The lowest BCUT2D eigenvalue weighted by Crippen LogP contribution is -1.87. The maximum absolute atomic E-state index is 13.4. The minimum atomic E-state index is -0.305. The number of nitrogens with one attached hydrogen (secondary N) is 1. The van der Waals surface area contributed by atoms with Crippen LogP contribution < -0.4 is 0 Å². The van der Waals surface area contributed by atoms with Crippen LogP contribution in [0.4, 0.5) is 4.39 Å². The Morgan fingerprint density at radius 1 is 1.33 bits per heavy atom. The number of hydrogen-bond acceptors (Lipinski definition) is 2. The van der Waals surface area contributed by atoms with E-state index >= 15 is 0 Å². The Morgan fingerprint density at radius 2 is 2.17 bits per heavy atom. The summed E-state index contributed by atoms with van der Waals surface area (Å²) < 4.78 is 13.8. The van der Waals surface area contributed by atoms with Crippen LogP contribution >= 0.6 is 15.9 Å². The zero-order chi connectivity index (χ0) is 12.7. The number of halogens is 2. The highest BCUT2D eigenvalue weighted by Crippen LogP contribution is 2.26. The molecule has 0 bridgehead atoms. The molecule has 3 aromatic rings. The fourth-order valence-corrected chi connectivity index (χ4v) is 2.20. The lowest BCUT2D eigenvalue weighted by atomic mass is 10.2. The molecule has 3 rings (SSSR count). The standard InChI is InChI=1S/C13H9BrFN3/c1-7-8(3-2-4-16-7)13-17-11-5-9(14)10(15)6-12(11)18-13/h2-6H,1H3,(H,17,18). The van der Waals surface area contributed by atoms with Crippen molar-refractivity contribution in [1.29, 1.82) is 0 Å². The number of benzene rings is 1. The van der Waals surface area contributed by atoms with E-state index < -0.39 is 0 Å². The van der Waals surface area contributed by atoms with Crippen molar-refractivity contribution in [3.8, 4) is 11.4 Å². The van der Waals surface area contributed by atoms with Crippen LogP contribution in [-0.2, 0) is 0 Å². The largest absolute Gasteiger partial charge is 0.338 e. The summed E-state index contributed by atoms with van der Waals surface area (Å²) >= 11 is 3.16. The van der Waals surface area contributed by atoms with Crippen LogP contribution in [-0.4, -0.2) is 15.0 Å². The Kier molecular flexibility index (Phi) is 2.63. The fourth-order valence-electron chi connectivity index (χ4n) is 1.87. The van der Waals surface area contributed by atoms with Crippen molar-refractivity contribution in [2.45, 2.75) is 6.92 Å². The summed E-state index contributed by atoms with van der Waals surface area (Å²) in [7, 11) is 0. The van der Waals surface area contributed by atoms with Crippen molar-refractivity contribution in [3.05, 3.63) is 46.4 Å². The Bertz CT molecular complexity index is 697. The molecule has 0 fully saturated rings. The third-order valence-electron chi connectivity index (χ3n) is 2.79. The molecule has 2 heterocycles. The minimum absolute atomic E-state index is 0.305. The fraction of sp³-hybridized carbons (Fsp3) is 0.0769. The molecule has 18 heavy (non-hydrogen) atoms. The van der Waals surface area contributed by atoms with E-state index in [9.17, 15) is 4.39 Å². The minimum Gasteiger partial charge on any atom is -0.338 e. The van der Waals surface area contributed by atoms with Gasteiger partial charge in [0.25, 0.3) is 0 Å². The summed E-state index contributed by atoms with van der Waals surface area (Å²) in [6, 6.07) is 6.88. The van der Waals surface area contributed by atoms with Gasteiger partial charge in [-0.15, -0.1) is 0 Å². The molecule has 90 valence electrons. The number of aromatic amines is 1. The smallest absolute Gasteiger partial charge is 0.140 e. The molecule has 0 atom stereocenters. The average molecular weight is 306 g/mol. The predicted molar refractivity (Wildman–Crippen MR) is 71.7 cm³/mol. The lowest BCUT2D eigenvalue weighted by molar-refractivity contribution is 0.623. The van der Waals surface area contributed by atoms with Gasteiger partial charge in [0.2, 0.25) is 0 Å². The molecule has 0 unspecified atom stereocenters. The van der Waals surface area contributed by atoms with E-state index in [0.29, 0.717) is 15.8 Å². The second kappa shape index (κ2) is 4.17. The van der Waals surface area contributed by atoms with Crippen LogP contribution in [0.5, 0.6) is 0 Å². The molecule has 5 heteroatoms. The van der Waals surface area contributed by atoms with Gasteiger partial charge in [-0.3, -0.25) is 4.98 Å². The van der Waals surface area contributed by atoms with Gasteiger partial charge in [0.05, 0.1) is 15.5 Å². The van der Waals surface area contributed by atoms with E-state index in [2.05, 4.69) is 30.9 Å². The molecule has 0 aliphatic carbocycles. The Labute approximate surface area is 111 Å². The summed E-state index contributed by atoms with van der Waals surface area (Å²) in [6.45, 7) is 1.92. The molecule has 1 N–H and O–H groups in total. The molecule has 1 aromatic carbocycles. The molecular formula is C13H9BrFN3. The van der Waals surface area contributed by atoms with Crippen LogP contribution in [0, 0.1) is 12.7 Å². The van der Waals surface area contributed by atoms with Gasteiger partial charge in [-0.1, -0.05) is 0 Å². The Balaban J connectivity index is 2.23. The van der Waals surface area contributed by atoms with Crippen molar-refractivity contribution in [2.75, 3.05) is 0 Å². The molecule has 0 saturated heterocycles. The molecule has 3 nitrogen and oxygen atoms in total. The summed E-state index contributed by atoms with van der Waals surface area (Å²) in [5, 5.41) is 0. The number of nitrogens with zero attached hydrogens (tertiary/aromatic N) is 2. The predicted octanol–water partition coefficient (Wildman–Crippen LogP) is 3.83. The number of fused-ring (bicyclic) bond motifs is 1. The molecule has 0 saturated carbocycles. The zero-order valence-electron chi connectivity index (χ0n) is 9.54. The maximum Gasteiger partial charge on any atom is 0.140 e. The number of pyridine rings is 1. The van der Waals surface area contributed by atoms with Gasteiger partial charge in [0.15, 0.2) is 0 Å². The molecule has 0 spiro atoms. The van der Waals surface area contributed by atoms with E-state index in [1.165, 1.54) is 6.07 Å². The van der Waals surface area contributed by atoms with Crippen LogP contribution in [0.15, 0.2) is 34.9 Å². The van der Waals surface area contributed by atoms with Crippen LogP contribution in [0.25, 0.3) is 22.4 Å². The number of aryl methyl sites for hydroxylation is 1. The van der Waals surface area contributed by atoms with Crippen LogP contribution in [0.2, 0.25) is 0 Å². The highest BCUT2D eigenvalue weighted by molar-refractivity contribution is 9.10. The first kappa shape index (κ1) is 11.3. The number of H-pyrrole nitrogens is 1. The third-order valence-corrected chi connectivity index (χ3v) is 3.39. The third kappa shape index (κ3) is 1.80. The first-order valence-corrected chi connectivity index (χ1v) is 6.21. The van der Waals surface area contributed by atoms with Crippen molar-refractivity contribution in [2.24, 2.45) is 0 Å². The highest BCUT2D eigenvalue weighted by atomic mass is 79.9. The second-order valence-corrected chi connectivity index (χ2v) is 4.86. The van der Waals surface area contributed by atoms with Gasteiger partial charge in [-0.2, -0.15) is 0 Å². The number of hydrogen-bond donors (Lipinski definition) is 1. The van der Waals surface area contributed by atoms with Gasteiger partial charge in [0.1, 0.15) is 11.6 Å². The summed E-state index contributed by atoms with van der Waals surface area (Å²) in [5.41, 5.74) is 3.21. The van der Waals surface area contributed by atoms with Gasteiger partial charge >= 0.3 is 0 Å². The van der Waals surface area contributed by atoms with E-state index in [1.54, 1.807) is 12.3 Å². The van der Waals surface area contributed by atoms with Gasteiger partial charge in [0, 0.05) is 23.5 Å². The molecule has 0 aliphatic heterocycles. The number of aromatic nitrogens is 3. The van der Waals surface area contributed by atoms with Gasteiger partial charge in [-0.25, -0.2) is 9.37 Å². The number of imidazole rings is 1. The topological polar surface area (TPSA) is 41.6 Å². The number of rotatable bonds is 1. The highest BCUT2D eigenvalue weighted by Gasteiger charge is 2.10. The van der Waals surface area contributed by atoms with E-state index in [0.717, 1.165) is 16.8 Å². The molecule has 0 amide bonds. The Hall–Kier alpha value is -1.75. The maximum atomic E-state index is 13.4. The second-order valence-electron chi connectivity index (χ2n) is 4.01. The summed E-state index contributed by atoms with van der Waals surface area (Å²) in [6.07, 6.45) is 1.73. The average Bonchev–Trinajstić information content (AvgIpc) is 2.73. The van der Waals surface area contributed by atoms with Crippen LogP contribution in [0.1, 0.15) is 5.69 Å². The molecule has 2 aromatic heterocycles. The molecular weight excluding hydrogens is 297 g/mol. The Morgan fingerprint density at radius 3 is 2.94 bits per heavy atom. The van der Waals surface area contributed by atoms with E-state index in [-0.39, 0.29) is 5.82 Å². The van der Waals surface area contributed by atoms with Crippen molar-refractivity contribution < 1.29 is 4.39 Å². The van der Waals surface area contributed by atoms with Crippen LogP contribution in [0.3, 0.4) is 0 Å². The molecule has 0 aliphatic rings. The van der Waals surface area contributed by atoms with Crippen molar-refractivity contribution in [1.82, 2.24) is 15.0 Å².